The zero-order valence-electron chi connectivity index (χ0n) is 14.6. The Morgan fingerprint density at radius 1 is 1.39 bits per heavy atom. The minimum Gasteiger partial charge on any atom is -0.339 e. The zero-order chi connectivity index (χ0) is 16.7. The van der Waals surface area contributed by atoms with E-state index in [-0.39, 0.29) is 11.9 Å². The van der Waals surface area contributed by atoms with E-state index in [1.54, 1.807) is 0 Å². The van der Waals surface area contributed by atoms with Gasteiger partial charge in [0, 0.05) is 24.7 Å². The predicted octanol–water partition coefficient (Wildman–Crippen LogP) is 3.92. The molecule has 1 aliphatic carbocycles. The Bertz CT molecular complexity index is 731. The number of carbonyl (C=O) groups excluding carboxylic acids is 1. The molecule has 0 saturated heterocycles. The van der Waals surface area contributed by atoms with Gasteiger partial charge in [0.2, 0.25) is 0 Å². The van der Waals surface area contributed by atoms with Crippen molar-refractivity contribution in [3.8, 4) is 0 Å². The lowest BCUT2D eigenvalue weighted by atomic mass is 10.0. The lowest BCUT2D eigenvalue weighted by molar-refractivity contribution is 0.0730. The molecule has 2 aromatic heterocycles. The van der Waals surface area contributed by atoms with Gasteiger partial charge >= 0.3 is 0 Å². The van der Waals surface area contributed by atoms with Crippen LogP contribution in [0.3, 0.4) is 0 Å². The molecule has 2 heterocycles. The van der Waals surface area contributed by atoms with Gasteiger partial charge in [0.15, 0.2) is 0 Å². The number of carbonyl (C=O) groups is 1. The maximum atomic E-state index is 13.1. The Kier molecular flexibility index (Phi) is 4.13. The third kappa shape index (κ3) is 3.09. The van der Waals surface area contributed by atoms with Crippen molar-refractivity contribution in [1.29, 1.82) is 0 Å². The van der Waals surface area contributed by atoms with Gasteiger partial charge in [-0.05, 0) is 45.1 Å². The molecule has 0 N–H and O–H groups in total. The number of aromatic nitrogens is 2. The van der Waals surface area contributed by atoms with Crippen LogP contribution < -0.4 is 0 Å². The second kappa shape index (κ2) is 5.95. The van der Waals surface area contributed by atoms with E-state index in [2.05, 4.69) is 30.9 Å². The van der Waals surface area contributed by atoms with Crippen LogP contribution in [-0.2, 0) is 0 Å². The molecule has 1 atom stereocenters. The highest BCUT2D eigenvalue weighted by Crippen LogP contribution is 2.40. The third-order valence-corrected chi connectivity index (χ3v) is 4.66. The standard InChI is InChI=1S/C18H25N3O2/c1-10(2)8-11(3)21(5)18(22)14-9-15(13-6-7-13)19-17-16(14)12(4)20-23-17/h9-11,13H,6-8H2,1-5H3/t11-/m0/s1. The number of fused-ring (bicyclic) bond motifs is 1. The topological polar surface area (TPSA) is 59.2 Å². The van der Waals surface area contributed by atoms with Gasteiger partial charge in [0.1, 0.15) is 0 Å². The molecule has 2 aromatic rings. The molecule has 0 bridgehead atoms. The number of rotatable bonds is 5. The van der Waals surface area contributed by atoms with E-state index in [0.29, 0.717) is 23.1 Å². The Morgan fingerprint density at radius 3 is 2.70 bits per heavy atom. The summed E-state index contributed by atoms with van der Waals surface area (Å²) in [6, 6.07) is 2.14. The average molecular weight is 315 g/mol. The minimum atomic E-state index is 0.0266. The van der Waals surface area contributed by atoms with Crippen molar-refractivity contribution >= 4 is 17.0 Å². The molecule has 1 fully saturated rings. The first kappa shape index (κ1) is 16.0. The van der Waals surface area contributed by atoms with Crippen molar-refractivity contribution in [3.63, 3.8) is 0 Å². The van der Waals surface area contributed by atoms with Crippen LogP contribution in [0, 0.1) is 12.8 Å². The van der Waals surface area contributed by atoms with Gasteiger partial charge in [-0.1, -0.05) is 19.0 Å². The molecule has 1 aliphatic rings. The Hall–Kier alpha value is -1.91. The first-order valence-electron chi connectivity index (χ1n) is 8.42. The molecule has 0 spiro atoms. The first-order valence-corrected chi connectivity index (χ1v) is 8.42. The highest BCUT2D eigenvalue weighted by molar-refractivity contribution is 6.06. The second-order valence-corrected chi connectivity index (χ2v) is 7.21. The highest BCUT2D eigenvalue weighted by atomic mass is 16.5. The van der Waals surface area contributed by atoms with Gasteiger partial charge in [-0.2, -0.15) is 0 Å². The normalized spacial score (nSPS) is 16.1. The van der Waals surface area contributed by atoms with Crippen LogP contribution >= 0.6 is 0 Å². The van der Waals surface area contributed by atoms with Crippen LogP contribution in [0.1, 0.15) is 67.7 Å². The summed E-state index contributed by atoms with van der Waals surface area (Å²) in [7, 11) is 1.88. The van der Waals surface area contributed by atoms with E-state index < -0.39 is 0 Å². The molecular weight excluding hydrogens is 290 g/mol. The van der Waals surface area contributed by atoms with E-state index in [9.17, 15) is 4.79 Å². The fourth-order valence-corrected chi connectivity index (χ4v) is 3.10. The fourth-order valence-electron chi connectivity index (χ4n) is 3.10. The summed E-state index contributed by atoms with van der Waals surface area (Å²) in [6.07, 6.45) is 3.26. The van der Waals surface area contributed by atoms with Crippen molar-refractivity contribution in [3.05, 3.63) is 23.0 Å². The van der Waals surface area contributed by atoms with Crippen molar-refractivity contribution in [2.45, 2.75) is 58.9 Å². The van der Waals surface area contributed by atoms with Crippen LogP contribution in [0.5, 0.6) is 0 Å². The predicted molar refractivity (Wildman–Crippen MR) is 89.5 cm³/mol. The summed E-state index contributed by atoms with van der Waals surface area (Å²) in [5, 5.41) is 4.76. The highest BCUT2D eigenvalue weighted by Gasteiger charge is 2.30. The number of amides is 1. The summed E-state index contributed by atoms with van der Waals surface area (Å²) in [6.45, 7) is 8.31. The Morgan fingerprint density at radius 2 is 2.09 bits per heavy atom. The van der Waals surface area contributed by atoms with E-state index in [4.69, 9.17) is 4.52 Å². The lowest BCUT2D eigenvalue weighted by Gasteiger charge is -2.26. The van der Waals surface area contributed by atoms with E-state index in [1.807, 2.05) is 24.9 Å². The molecule has 124 valence electrons. The van der Waals surface area contributed by atoms with Crippen molar-refractivity contribution in [1.82, 2.24) is 15.0 Å². The molecular formula is C18H25N3O2. The number of pyridine rings is 1. The van der Waals surface area contributed by atoms with Crippen molar-refractivity contribution in [2.75, 3.05) is 7.05 Å². The molecule has 0 aromatic carbocycles. The van der Waals surface area contributed by atoms with Crippen LogP contribution in [0.15, 0.2) is 10.6 Å². The van der Waals surface area contributed by atoms with Gasteiger partial charge in [-0.25, -0.2) is 4.98 Å². The van der Waals surface area contributed by atoms with Gasteiger partial charge in [0.05, 0.1) is 16.6 Å². The van der Waals surface area contributed by atoms with E-state index in [1.165, 1.54) is 0 Å². The molecule has 3 rings (SSSR count). The molecule has 5 nitrogen and oxygen atoms in total. The third-order valence-electron chi connectivity index (χ3n) is 4.66. The number of hydrogen-bond acceptors (Lipinski definition) is 4. The van der Waals surface area contributed by atoms with Gasteiger partial charge in [-0.15, -0.1) is 0 Å². The lowest BCUT2D eigenvalue weighted by Crippen LogP contribution is -2.36. The monoisotopic (exact) mass is 315 g/mol. The van der Waals surface area contributed by atoms with Crippen LogP contribution in [0.2, 0.25) is 0 Å². The van der Waals surface area contributed by atoms with Crippen LogP contribution in [0.25, 0.3) is 11.1 Å². The molecule has 5 heteroatoms. The van der Waals surface area contributed by atoms with Crippen molar-refractivity contribution in [2.24, 2.45) is 5.92 Å². The zero-order valence-corrected chi connectivity index (χ0v) is 14.6. The summed E-state index contributed by atoms with van der Waals surface area (Å²) < 4.78 is 5.33. The van der Waals surface area contributed by atoms with Crippen LogP contribution in [-0.4, -0.2) is 34.0 Å². The maximum absolute atomic E-state index is 13.1. The summed E-state index contributed by atoms with van der Waals surface area (Å²) in [4.78, 5) is 19.4. The number of nitrogens with zero attached hydrogens (tertiary/aromatic N) is 3. The Balaban J connectivity index is 2.00. The Labute approximate surface area is 137 Å². The summed E-state index contributed by atoms with van der Waals surface area (Å²) in [5.41, 5.74) is 2.85. The average Bonchev–Trinajstić information content (AvgIpc) is 3.29. The SMILES string of the molecule is Cc1noc2nc(C3CC3)cc(C(=O)N(C)[C@@H](C)CC(C)C)c12. The molecule has 1 saturated carbocycles. The quantitative estimate of drug-likeness (QED) is 0.839. The smallest absolute Gasteiger partial charge is 0.259 e. The van der Waals surface area contributed by atoms with Crippen molar-refractivity contribution < 1.29 is 9.32 Å². The molecule has 0 radical (unpaired) electrons. The first-order chi connectivity index (χ1) is 10.9. The summed E-state index contributed by atoms with van der Waals surface area (Å²) >= 11 is 0. The van der Waals surface area contributed by atoms with Crippen LogP contribution in [0.4, 0.5) is 0 Å². The minimum absolute atomic E-state index is 0.0266. The number of hydrogen-bond donors (Lipinski definition) is 0. The summed E-state index contributed by atoms with van der Waals surface area (Å²) in [5.74, 6) is 1.05. The van der Waals surface area contributed by atoms with Gasteiger partial charge in [-0.3, -0.25) is 4.79 Å². The second-order valence-electron chi connectivity index (χ2n) is 7.21. The van der Waals surface area contributed by atoms with Gasteiger partial charge in [0.25, 0.3) is 11.6 Å². The number of aryl methyl sites for hydroxylation is 1. The maximum Gasteiger partial charge on any atom is 0.259 e. The molecule has 23 heavy (non-hydrogen) atoms. The van der Waals surface area contributed by atoms with Gasteiger partial charge < -0.3 is 9.42 Å². The van der Waals surface area contributed by atoms with E-state index in [0.717, 1.165) is 36.0 Å². The molecule has 0 unspecified atom stereocenters. The molecule has 1 amide bonds. The molecule has 0 aliphatic heterocycles. The van der Waals surface area contributed by atoms with E-state index >= 15 is 0 Å². The fraction of sp³-hybridized carbons (Fsp3) is 0.611. The largest absolute Gasteiger partial charge is 0.339 e.